The molecule has 8 unspecified atom stereocenters. The zero-order chi connectivity index (χ0) is 18.6. The van der Waals surface area contributed by atoms with E-state index in [2.05, 4.69) is 18.7 Å². The summed E-state index contributed by atoms with van der Waals surface area (Å²) in [6, 6.07) is 0.453. The molecule has 1 aliphatic heterocycles. The van der Waals surface area contributed by atoms with Crippen LogP contribution in [0.15, 0.2) is 0 Å². The van der Waals surface area contributed by atoms with Crippen molar-refractivity contribution < 1.29 is 5.11 Å². The molecule has 8 atom stereocenters. The maximum Gasteiger partial charge on any atom is 0.0751 e. The maximum atomic E-state index is 11.5. The zero-order valence-corrected chi connectivity index (χ0v) is 18.0. The molecule has 0 radical (unpaired) electrons. The highest BCUT2D eigenvalue weighted by molar-refractivity contribution is 5.12. The molecule has 0 bridgehead atoms. The van der Waals surface area contributed by atoms with Gasteiger partial charge in [-0.2, -0.15) is 0 Å². The van der Waals surface area contributed by atoms with Crippen molar-refractivity contribution in [2.45, 2.75) is 117 Å². The van der Waals surface area contributed by atoms with E-state index in [9.17, 15) is 5.11 Å². The molecule has 0 aromatic heterocycles. The van der Waals surface area contributed by atoms with E-state index in [1.165, 1.54) is 96.6 Å². The van der Waals surface area contributed by atoms with Gasteiger partial charge in [0.25, 0.3) is 0 Å². The molecule has 0 aromatic carbocycles. The summed E-state index contributed by atoms with van der Waals surface area (Å²) in [4.78, 5) is 2.71. The molecule has 5 rings (SSSR count). The Morgan fingerprint density at radius 3 is 2.25 bits per heavy atom. The molecule has 1 N–H and O–H groups in total. The van der Waals surface area contributed by atoms with Crippen molar-refractivity contribution in [3.05, 3.63) is 0 Å². The van der Waals surface area contributed by atoms with E-state index in [-0.39, 0.29) is 18.9 Å². The number of aliphatic hydroxyl groups is 1. The summed E-state index contributed by atoms with van der Waals surface area (Å²) in [6.07, 6.45) is 18.2. The van der Waals surface area contributed by atoms with Gasteiger partial charge in [0.2, 0.25) is 0 Å². The molecule has 162 valence electrons. The minimum atomic E-state index is -0.0848. The number of likely N-dealkylation sites (tertiary alicyclic amines) is 1. The third kappa shape index (κ3) is 3.11. The van der Waals surface area contributed by atoms with Crippen molar-refractivity contribution in [2.24, 2.45) is 34.5 Å². The average molecular weight is 390 g/mol. The fourth-order valence-electron chi connectivity index (χ4n) is 9.06. The second-order valence-corrected chi connectivity index (χ2v) is 11.6. The molecule has 0 amide bonds. The van der Waals surface area contributed by atoms with E-state index < -0.39 is 0 Å². The summed E-state index contributed by atoms with van der Waals surface area (Å²) >= 11 is 0. The number of fused-ring (bicyclic) bond motifs is 5. The molecule has 1 heterocycles. The van der Waals surface area contributed by atoms with Gasteiger partial charge in [0, 0.05) is 6.04 Å². The Labute approximate surface area is 174 Å². The van der Waals surface area contributed by atoms with E-state index in [0.717, 1.165) is 23.7 Å². The highest BCUT2D eigenvalue weighted by atomic mass is 16.3. The Morgan fingerprint density at radius 1 is 0.750 bits per heavy atom. The Bertz CT molecular complexity index is 541. The molecule has 28 heavy (non-hydrogen) atoms. The summed E-state index contributed by atoms with van der Waals surface area (Å²) in [5, 5.41) is 11.5. The van der Waals surface area contributed by atoms with Gasteiger partial charge in [0.15, 0.2) is 0 Å². The van der Waals surface area contributed by atoms with E-state index in [4.69, 9.17) is 0 Å². The highest BCUT2D eigenvalue weighted by Gasteiger charge is 2.62. The molecule has 4 saturated carbocycles. The van der Waals surface area contributed by atoms with Gasteiger partial charge in [-0.25, -0.2) is 0 Å². The first-order valence-electron chi connectivity index (χ1n) is 12.5. The fraction of sp³-hybridized carbons (Fsp3) is 1.00. The van der Waals surface area contributed by atoms with Crippen molar-refractivity contribution in [1.29, 1.82) is 0 Å². The van der Waals surface area contributed by atoms with Gasteiger partial charge in [-0.3, -0.25) is 4.90 Å². The van der Waals surface area contributed by atoms with Crippen LogP contribution in [0.1, 0.15) is 105 Å². The number of rotatable bonds is 1. The first-order valence-corrected chi connectivity index (χ1v) is 12.5. The van der Waals surface area contributed by atoms with Crippen LogP contribution in [0.4, 0.5) is 0 Å². The quantitative estimate of drug-likeness (QED) is 0.571. The van der Waals surface area contributed by atoms with Gasteiger partial charge < -0.3 is 5.11 Å². The van der Waals surface area contributed by atoms with Crippen LogP contribution in [0.25, 0.3) is 0 Å². The SMILES string of the molecule is C.CC12CCCCC1CCC1C2CCC2(C)C(O)C(N3CCCCCC3)CC12. The smallest absolute Gasteiger partial charge is 0.0751 e. The van der Waals surface area contributed by atoms with Crippen LogP contribution in [-0.4, -0.2) is 35.2 Å². The normalized spacial score (nSPS) is 52.0. The van der Waals surface area contributed by atoms with Crippen LogP contribution >= 0.6 is 0 Å². The van der Waals surface area contributed by atoms with Crippen LogP contribution in [0.5, 0.6) is 0 Å². The number of nitrogens with zero attached hydrogens (tertiary/aromatic N) is 1. The molecule has 5 aliphatic rings. The number of hydrogen-bond acceptors (Lipinski definition) is 2. The predicted octanol–water partition coefficient (Wildman–Crippen LogP) is 6.27. The lowest BCUT2D eigenvalue weighted by Crippen LogP contribution is -2.53. The van der Waals surface area contributed by atoms with Gasteiger partial charge in [0.05, 0.1) is 6.10 Å². The number of aliphatic hydroxyl groups excluding tert-OH is 1. The third-order valence-corrected chi connectivity index (χ3v) is 10.7. The standard InChI is InChI=1S/C25H43NO.CH4/c1-24-13-6-5-9-18(24)10-11-19-20(24)12-14-25(2)21(19)17-22(23(25)27)26-15-7-3-4-8-16-26;/h18-23,27H,3-17H2,1-2H3;1H4. The van der Waals surface area contributed by atoms with Crippen molar-refractivity contribution in [1.82, 2.24) is 4.90 Å². The lowest BCUT2D eigenvalue weighted by molar-refractivity contribution is -0.122. The summed E-state index contributed by atoms with van der Waals surface area (Å²) in [5.41, 5.74) is 0.810. The second kappa shape index (κ2) is 7.88. The molecular formula is C26H47NO. The van der Waals surface area contributed by atoms with Gasteiger partial charge >= 0.3 is 0 Å². The monoisotopic (exact) mass is 389 g/mol. The molecule has 0 spiro atoms. The predicted molar refractivity (Wildman–Crippen MR) is 118 cm³/mol. The van der Waals surface area contributed by atoms with Gasteiger partial charge in [0.1, 0.15) is 0 Å². The average Bonchev–Trinajstić information content (AvgIpc) is 2.84. The Hall–Kier alpha value is -0.0800. The number of hydrogen-bond donors (Lipinski definition) is 1. The third-order valence-electron chi connectivity index (χ3n) is 10.7. The Kier molecular flexibility index (Phi) is 5.95. The first kappa shape index (κ1) is 21.2. The van der Waals surface area contributed by atoms with Crippen molar-refractivity contribution in [3.8, 4) is 0 Å². The minimum absolute atomic E-state index is 0. The molecule has 4 aliphatic carbocycles. The first-order chi connectivity index (χ1) is 13.0. The van der Waals surface area contributed by atoms with Crippen LogP contribution in [0, 0.1) is 34.5 Å². The van der Waals surface area contributed by atoms with E-state index >= 15 is 0 Å². The molecular weight excluding hydrogens is 342 g/mol. The van der Waals surface area contributed by atoms with E-state index in [1.54, 1.807) is 0 Å². The molecule has 2 nitrogen and oxygen atoms in total. The largest absolute Gasteiger partial charge is 0.391 e. The maximum absolute atomic E-state index is 11.5. The Balaban J connectivity index is 0.00000192. The summed E-state index contributed by atoms with van der Waals surface area (Å²) < 4.78 is 0. The summed E-state index contributed by atoms with van der Waals surface area (Å²) in [5.74, 6) is 3.63. The lowest BCUT2D eigenvalue weighted by atomic mass is 9.45. The highest BCUT2D eigenvalue weighted by Crippen LogP contribution is 2.66. The Morgan fingerprint density at radius 2 is 1.50 bits per heavy atom. The second-order valence-electron chi connectivity index (χ2n) is 11.6. The molecule has 2 heteroatoms. The van der Waals surface area contributed by atoms with Crippen LogP contribution in [0.3, 0.4) is 0 Å². The zero-order valence-electron chi connectivity index (χ0n) is 18.0. The van der Waals surface area contributed by atoms with Crippen LogP contribution in [-0.2, 0) is 0 Å². The van der Waals surface area contributed by atoms with E-state index in [1.807, 2.05) is 0 Å². The molecule has 1 saturated heterocycles. The fourth-order valence-corrected chi connectivity index (χ4v) is 9.06. The van der Waals surface area contributed by atoms with Gasteiger partial charge in [-0.1, -0.05) is 47.0 Å². The summed E-state index contributed by atoms with van der Waals surface area (Å²) in [7, 11) is 0. The van der Waals surface area contributed by atoms with Crippen molar-refractivity contribution in [2.75, 3.05) is 13.1 Å². The lowest BCUT2D eigenvalue weighted by Gasteiger charge is -2.60. The van der Waals surface area contributed by atoms with Crippen LogP contribution in [0.2, 0.25) is 0 Å². The van der Waals surface area contributed by atoms with Gasteiger partial charge in [-0.15, -0.1) is 0 Å². The molecule has 5 fully saturated rings. The molecule has 0 aromatic rings. The summed E-state index contributed by atoms with van der Waals surface area (Å²) in [6.45, 7) is 7.62. The van der Waals surface area contributed by atoms with Crippen molar-refractivity contribution >= 4 is 0 Å². The minimum Gasteiger partial charge on any atom is -0.391 e. The topological polar surface area (TPSA) is 23.5 Å². The van der Waals surface area contributed by atoms with Gasteiger partial charge in [-0.05, 0) is 105 Å². The van der Waals surface area contributed by atoms with Crippen LogP contribution < -0.4 is 0 Å². The van der Waals surface area contributed by atoms with E-state index in [0.29, 0.717) is 11.5 Å². The van der Waals surface area contributed by atoms with Crippen molar-refractivity contribution in [3.63, 3.8) is 0 Å².